The maximum absolute atomic E-state index is 13.0. The van der Waals surface area contributed by atoms with E-state index in [0.717, 1.165) is 0 Å². The first-order valence-corrected chi connectivity index (χ1v) is 10.8. The largest absolute Gasteiger partial charge is 0.507 e. The number of amides is 1. The lowest BCUT2D eigenvalue weighted by atomic mass is 9.95. The molecule has 2 N–H and O–H groups in total. The van der Waals surface area contributed by atoms with Crippen LogP contribution in [0.1, 0.15) is 44.4 Å². The fourth-order valence-corrected chi connectivity index (χ4v) is 3.73. The molecule has 1 amide bonds. The van der Waals surface area contributed by atoms with Gasteiger partial charge in [-0.2, -0.15) is 0 Å². The number of likely N-dealkylation sites (tertiary alicyclic amines) is 1. The molecule has 7 heteroatoms. The van der Waals surface area contributed by atoms with Crippen LogP contribution in [-0.2, 0) is 14.3 Å². The highest BCUT2D eigenvalue weighted by molar-refractivity contribution is 6.46. The minimum Gasteiger partial charge on any atom is -0.507 e. The van der Waals surface area contributed by atoms with Crippen molar-refractivity contribution in [1.82, 2.24) is 4.90 Å². The van der Waals surface area contributed by atoms with E-state index >= 15 is 0 Å². The van der Waals surface area contributed by atoms with Crippen molar-refractivity contribution in [2.45, 2.75) is 39.3 Å². The number of Topliss-reactive ketones (excluding diaryl/α,β-unsaturated/α-hetero) is 1. The summed E-state index contributed by atoms with van der Waals surface area (Å²) in [4.78, 5) is 27.4. The van der Waals surface area contributed by atoms with Crippen LogP contribution >= 0.6 is 0 Å². The number of aliphatic hydroxyl groups excluding tert-OH is 1. The minimum absolute atomic E-state index is 0.0131. The number of phenols is 1. The van der Waals surface area contributed by atoms with Crippen LogP contribution in [-0.4, -0.2) is 52.7 Å². The first-order chi connectivity index (χ1) is 15.3. The van der Waals surface area contributed by atoms with E-state index in [1.54, 1.807) is 49.4 Å². The lowest BCUT2D eigenvalue weighted by molar-refractivity contribution is -0.140. The number of rotatable bonds is 9. The molecule has 0 radical (unpaired) electrons. The van der Waals surface area contributed by atoms with Crippen molar-refractivity contribution in [3.05, 3.63) is 65.2 Å². The van der Waals surface area contributed by atoms with E-state index in [1.807, 2.05) is 13.8 Å². The van der Waals surface area contributed by atoms with E-state index in [-0.39, 0.29) is 35.5 Å². The van der Waals surface area contributed by atoms with E-state index in [4.69, 9.17) is 9.47 Å². The summed E-state index contributed by atoms with van der Waals surface area (Å²) in [5.74, 6) is -1.45. The van der Waals surface area contributed by atoms with Crippen molar-refractivity contribution < 1.29 is 29.3 Å². The minimum atomic E-state index is -0.811. The standard InChI is InChI=1S/C25H29NO6/c1-4-31-20-15-18(11-12-19(20)27)22-21(23(28)17-9-6-5-7-10-17)24(29)25(30)26(22)13-8-14-32-16(2)3/h5-7,9-12,15-16,22,27-28H,4,8,13-14H2,1-3H3/t22-/m0/s1. The first-order valence-electron chi connectivity index (χ1n) is 10.8. The maximum atomic E-state index is 13.0. The lowest BCUT2D eigenvalue weighted by Crippen LogP contribution is -2.31. The first kappa shape index (κ1) is 23.3. The van der Waals surface area contributed by atoms with Gasteiger partial charge in [-0.25, -0.2) is 0 Å². The van der Waals surface area contributed by atoms with Gasteiger partial charge in [-0.15, -0.1) is 0 Å². The monoisotopic (exact) mass is 439 g/mol. The number of carbonyl (C=O) groups is 2. The molecule has 0 saturated carbocycles. The number of aromatic hydroxyl groups is 1. The molecule has 170 valence electrons. The van der Waals surface area contributed by atoms with Crippen LogP contribution in [0.2, 0.25) is 0 Å². The van der Waals surface area contributed by atoms with Gasteiger partial charge in [0.25, 0.3) is 11.7 Å². The Kier molecular flexibility index (Phi) is 7.53. The second kappa shape index (κ2) is 10.3. The van der Waals surface area contributed by atoms with Crippen molar-refractivity contribution in [1.29, 1.82) is 0 Å². The van der Waals surface area contributed by atoms with Crippen LogP contribution in [0.3, 0.4) is 0 Å². The van der Waals surface area contributed by atoms with Crippen LogP contribution in [0.25, 0.3) is 5.76 Å². The summed E-state index contributed by atoms with van der Waals surface area (Å²) in [6, 6.07) is 12.5. The summed E-state index contributed by atoms with van der Waals surface area (Å²) in [5, 5.41) is 21.1. The van der Waals surface area contributed by atoms with Gasteiger partial charge in [0, 0.05) is 18.7 Å². The maximum Gasteiger partial charge on any atom is 0.295 e. The van der Waals surface area contributed by atoms with Crippen LogP contribution in [0.15, 0.2) is 54.1 Å². The van der Waals surface area contributed by atoms with Crippen LogP contribution in [0.5, 0.6) is 11.5 Å². The van der Waals surface area contributed by atoms with Crippen molar-refractivity contribution in [3.63, 3.8) is 0 Å². The Hall–Kier alpha value is -3.32. The summed E-state index contributed by atoms with van der Waals surface area (Å²) < 4.78 is 11.1. The molecule has 3 rings (SSSR count). The number of aliphatic hydroxyl groups is 1. The molecular formula is C25H29NO6. The predicted molar refractivity (Wildman–Crippen MR) is 120 cm³/mol. The zero-order valence-electron chi connectivity index (χ0n) is 18.6. The molecule has 1 fully saturated rings. The van der Waals surface area contributed by atoms with Gasteiger partial charge in [-0.05, 0) is 44.9 Å². The summed E-state index contributed by atoms with van der Waals surface area (Å²) >= 11 is 0. The van der Waals surface area contributed by atoms with E-state index in [2.05, 4.69) is 0 Å². The third-order valence-corrected chi connectivity index (χ3v) is 5.18. The SMILES string of the molecule is CCOc1cc([C@H]2C(=C(O)c3ccccc3)C(=O)C(=O)N2CCCOC(C)C)ccc1O. The third-order valence-electron chi connectivity index (χ3n) is 5.18. The topological polar surface area (TPSA) is 96.3 Å². The molecule has 0 unspecified atom stereocenters. The Morgan fingerprint density at radius 3 is 2.50 bits per heavy atom. The van der Waals surface area contributed by atoms with Gasteiger partial charge in [0.05, 0.1) is 24.3 Å². The summed E-state index contributed by atoms with van der Waals surface area (Å²) in [7, 11) is 0. The van der Waals surface area contributed by atoms with Crippen molar-refractivity contribution >= 4 is 17.4 Å². The highest BCUT2D eigenvalue weighted by Crippen LogP contribution is 2.41. The Bertz CT molecular complexity index is 999. The van der Waals surface area contributed by atoms with Gasteiger partial charge in [-0.1, -0.05) is 36.4 Å². The summed E-state index contributed by atoms with van der Waals surface area (Å²) in [6.45, 7) is 6.70. The number of nitrogens with zero attached hydrogens (tertiary/aromatic N) is 1. The van der Waals surface area contributed by atoms with Crippen molar-refractivity contribution in [2.24, 2.45) is 0 Å². The number of ketones is 1. The molecule has 2 aromatic carbocycles. The number of carbonyl (C=O) groups excluding carboxylic acids is 2. The molecule has 0 aromatic heterocycles. The van der Waals surface area contributed by atoms with Crippen LogP contribution in [0, 0.1) is 0 Å². The van der Waals surface area contributed by atoms with E-state index in [0.29, 0.717) is 30.8 Å². The van der Waals surface area contributed by atoms with Gasteiger partial charge >= 0.3 is 0 Å². The van der Waals surface area contributed by atoms with Crippen molar-refractivity contribution in [2.75, 3.05) is 19.8 Å². The summed E-state index contributed by atoms with van der Waals surface area (Å²) in [5.41, 5.74) is 1.02. The second-order valence-electron chi connectivity index (χ2n) is 7.79. The van der Waals surface area contributed by atoms with Gasteiger partial charge < -0.3 is 24.6 Å². The quantitative estimate of drug-likeness (QED) is 0.265. The highest BCUT2D eigenvalue weighted by Gasteiger charge is 2.46. The zero-order chi connectivity index (χ0) is 23.3. The number of ether oxygens (including phenoxy) is 2. The predicted octanol–water partition coefficient (Wildman–Crippen LogP) is 4.03. The number of hydrogen-bond donors (Lipinski definition) is 2. The Labute approximate surface area is 187 Å². The molecule has 1 saturated heterocycles. The normalized spacial score (nSPS) is 17.9. The molecule has 1 atom stereocenters. The molecule has 32 heavy (non-hydrogen) atoms. The lowest BCUT2D eigenvalue weighted by Gasteiger charge is -2.26. The average Bonchev–Trinajstić information content (AvgIpc) is 3.03. The molecule has 0 bridgehead atoms. The molecule has 2 aromatic rings. The van der Waals surface area contributed by atoms with Crippen molar-refractivity contribution in [3.8, 4) is 11.5 Å². The summed E-state index contributed by atoms with van der Waals surface area (Å²) in [6.07, 6.45) is 0.592. The van der Waals surface area contributed by atoms with Gasteiger partial charge in [0.2, 0.25) is 0 Å². The Balaban J connectivity index is 2.06. The number of hydrogen-bond acceptors (Lipinski definition) is 6. The molecule has 1 aliphatic rings. The average molecular weight is 440 g/mol. The third kappa shape index (κ3) is 4.94. The molecule has 0 spiro atoms. The Morgan fingerprint density at radius 2 is 1.84 bits per heavy atom. The molecule has 0 aliphatic carbocycles. The van der Waals surface area contributed by atoms with Gasteiger partial charge in [0.1, 0.15) is 5.76 Å². The fraction of sp³-hybridized carbons (Fsp3) is 0.360. The van der Waals surface area contributed by atoms with Gasteiger partial charge in [0.15, 0.2) is 11.5 Å². The van der Waals surface area contributed by atoms with Crippen LogP contribution in [0.4, 0.5) is 0 Å². The van der Waals surface area contributed by atoms with Gasteiger partial charge in [-0.3, -0.25) is 9.59 Å². The smallest absolute Gasteiger partial charge is 0.295 e. The number of benzene rings is 2. The highest BCUT2D eigenvalue weighted by atomic mass is 16.5. The number of phenolic OH excluding ortho intramolecular Hbond substituents is 1. The second-order valence-corrected chi connectivity index (χ2v) is 7.79. The zero-order valence-corrected chi connectivity index (χ0v) is 18.6. The van der Waals surface area contributed by atoms with E-state index in [9.17, 15) is 19.8 Å². The Morgan fingerprint density at radius 1 is 1.12 bits per heavy atom. The van der Waals surface area contributed by atoms with E-state index < -0.39 is 17.7 Å². The molecule has 7 nitrogen and oxygen atoms in total. The fourth-order valence-electron chi connectivity index (χ4n) is 3.73. The molecular weight excluding hydrogens is 410 g/mol. The molecule has 1 heterocycles. The molecule has 1 aliphatic heterocycles. The van der Waals surface area contributed by atoms with Crippen LogP contribution < -0.4 is 4.74 Å². The van der Waals surface area contributed by atoms with E-state index in [1.165, 1.54) is 11.0 Å².